The minimum absolute atomic E-state index is 0.117. The molecule has 3 rings (SSSR count). The van der Waals surface area contributed by atoms with Crippen LogP contribution in [0.4, 0.5) is 8.78 Å². The lowest BCUT2D eigenvalue weighted by Crippen LogP contribution is -2.12. The molecule has 0 spiro atoms. The predicted molar refractivity (Wildman–Crippen MR) is 88.3 cm³/mol. The molecule has 138 valence electrons. The Morgan fingerprint density at radius 2 is 2.08 bits per heavy atom. The van der Waals surface area contributed by atoms with Crippen molar-refractivity contribution in [1.82, 2.24) is 9.78 Å². The third kappa shape index (κ3) is 3.54. The molecule has 1 aliphatic rings. The summed E-state index contributed by atoms with van der Waals surface area (Å²) in [5, 5.41) is 4.23. The molecule has 1 aromatic carbocycles. The molecule has 8 heteroatoms. The molecule has 0 saturated heterocycles. The zero-order chi connectivity index (χ0) is 18.9. The van der Waals surface area contributed by atoms with Crippen molar-refractivity contribution in [3.63, 3.8) is 0 Å². The van der Waals surface area contributed by atoms with Gasteiger partial charge in [-0.15, -0.1) is 0 Å². The van der Waals surface area contributed by atoms with E-state index in [9.17, 15) is 13.6 Å². The number of aryl methyl sites for hydroxylation is 1. The summed E-state index contributed by atoms with van der Waals surface area (Å²) in [5.41, 5.74) is 1.73. The van der Waals surface area contributed by atoms with Gasteiger partial charge < -0.3 is 14.2 Å². The van der Waals surface area contributed by atoms with E-state index in [2.05, 4.69) is 9.84 Å². The van der Waals surface area contributed by atoms with E-state index in [0.29, 0.717) is 17.1 Å². The van der Waals surface area contributed by atoms with E-state index in [0.717, 1.165) is 11.8 Å². The number of aromatic nitrogens is 2. The second-order valence-corrected chi connectivity index (χ2v) is 5.96. The Morgan fingerprint density at radius 3 is 2.69 bits per heavy atom. The van der Waals surface area contributed by atoms with Gasteiger partial charge in [-0.25, -0.2) is 18.3 Å². The Bertz CT molecular complexity index is 861. The summed E-state index contributed by atoms with van der Waals surface area (Å²) in [7, 11) is 2.62. The highest BCUT2D eigenvalue weighted by Crippen LogP contribution is 2.55. The molecule has 1 saturated carbocycles. The maximum absolute atomic E-state index is 13.2. The number of alkyl halides is 2. The van der Waals surface area contributed by atoms with Crippen molar-refractivity contribution in [2.75, 3.05) is 14.2 Å². The van der Waals surface area contributed by atoms with Crippen LogP contribution < -0.4 is 4.74 Å². The summed E-state index contributed by atoms with van der Waals surface area (Å²) in [6, 6.07) is 6.79. The van der Waals surface area contributed by atoms with E-state index in [1.807, 2.05) is 0 Å². The molecule has 1 unspecified atom stereocenters. The number of nitrogens with zero attached hydrogens (tertiary/aromatic N) is 2. The van der Waals surface area contributed by atoms with Crippen molar-refractivity contribution >= 4 is 5.97 Å². The van der Waals surface area contributed by atoms with Crippen molar-refractivity contribution in [2.24, 2.45) is 0 Å². The smallest absolute Gasteiger partial charge is 0.377 e. The van der Waals surface area contributed by atoms with Gasteiger partial charge in [-0.1, -0.05) is 6.07 Å². The van der Waals surface area contributed by atoms with Crippen molar-refractivity contribution < 1.29 is 27.8 Å². The average molecular weight is 364 g/mol. The van der Waals surface area contributed by atoms with Gasteiger partial charge in [0.15, 0.2) is 0 Å². The summed E-state index contributed by atoms with van der Waals surface area (Å²) in [4.78, 5) is 11.7. The highest BCUT2D eigenvalue weighted by molar-refractivity contribution is 5.86. The largest absolute Gasteiger partial charge is 0.500 e. The van der Waals surface area contributed by atoms with Crippen LogP contribution in [0.2, 0.25) is 0 Å². The summed E-state index contributed by atoms with van der Waals surface area (Å²) < 4.78 is 43.0. The second-order valence-electron chi connectivity index (χ2n) is 5.96. The van der Waals surface area contributed by atoms with Crippen LogP contribution in [-0.4, -0.2) is 35.9 Å². The van der Waals surface area contributed by atoms with Crippen LogP contribution in [0.1, 0.15) is 23.6 Å². The molecule has 1 aliphatic carbocycles. The minimum atomic E-state index is -2.67. The van der Waals surface area contributed by atoms with Crippen molar-refractivity contribution in [3.05, 3.63) is 53.7 Å². The van der Waals surface area contributed by atoms with Gasteiger partial charge in [-0.2, -0.15) is 5.10 Å². The van der Waals surface area contributed by atoms with E-state index in [1.165, 1.54) is 18.9 Å². The lowest BCUT2D eigenvalue weighted by molar-refractivity contribution is -0.138. The van der Waals surface area contributed by atoms with Crippen LogP contribution in [0.5, 0.6) is 5.75 Å². The standard InChI is InChI=1S/C18H18F2N2O4/c1-11-4-5-12(8-15(11)26-16(10-24-2)17(23)25-3)22-7-6-14(21-22)13-9-18(13,19)20/h4-8,10,13H,9H2,1-3H3/b16-10-. The SMILES string of the molecule is CO/C=C(\Oc1cc(-n2ccc(C3CC3(F)F)n2)ccc1C)C(=O)OC. The normalized spacial score (nSPS) is 18.3. The number of carbonyl (C=O) groups is 1. The van der Waals surface area contributed by atoms with Gasteiger partial charge in [-0.3, -0.25) is 0 Å². The number of ether oxygens (including phenoxy) is 3. The third-order valence-corrected chi connectivity index (χ3v) is 4.06. The molecule has 1 fully saturated rings. The van der Waals surface area contributed by atoms with Gasteiger partial charge in [0.1, 0.15) is 12.0 Å². The van der Waals surface area contributed by atoms with Crippen LogP contribution in [0.3, 0.4) is 0 Å². The zero-order valence-corrected chi connectivity index (χ0v) is 14.5. The number of hydrogen-bond acceptors (Lipinski definition) is 5. The van der Waals surface area contributed by atoms with Crippen LogP contribution in [0.15, 0.2) is 42.5 Å². The zero-order valence-electron chi connectivity index (χ0n) is 14.5. The monoisotopic (exact) mass is 364 g/mol. The Kier molecular flexibility index (Phi) is 4.67. The van der Waals surface area contributed by atoms with Gasteiger partial charge >= 0.3 is 5.97 Å². The first kappa shape index (κ1) is 17.9. The molecule has 0 bridgehead atoms. The predicted octanol–water partition coefficient (Wildman–Crippen LogP) is 3.34. The molecular formula is C18H18F2N2O4. The highest BCUT2D eigenvalue weighted by Gasteiger charge is 2.58. The molecule has 1 aromatic heterocycles. The maximum atomic E-state index is 13.2. The molecule has 6 nitrogen and oxygen atoms in total. The van der Waals surface area contributed by atoms with Gasteiger partial charge in [0.05, 0.1) is 31.5 Å². The van der Waals surface area contributed by atoms with Crippen molar-refractivity contribution in [3.8, 4) is 11.4 Å². The lowest BCUT2D eigenvalue weighted by Gasteiger charge is -2.12. The summed E-state index contributed by atoms with van der Waals surface area (Å²) in [6.45, 7) is 1.81. The molecule has 0 radical (unpaired) electrons. The minimum Gasteiger partial charge on any atom is -0.500 e. The Hall–Kier alpha value is -2.90. The average Bonchev–Trinajstić information content (AvgIpc) is 3.03. The maximum Gasteiger partial charge on any atom is 0.377 e. The first-order valence-electron chi connectivity index (χ1n) is 7.89. The second kappa shape index (κ2) is 6.78. The van der Waals surface area contributed by atoms with Gasteiger partial charge in [0.25, 0.3) is 5.92 Å². The number of hydrogen-bond donors (Lipinski definition) is 0. The van der Waals surface area contributed by atoms with Crippen LogP contribution >= 0.6 is 0 Å². The molecule has 1 atom stereocenters. The first-order valence-corrected chi connectivity index (χ1v) is 7.89. The fourth-order valence-electron chi connectivity index (χ4n) is 2.48. The molecule has 2 aromatic rings. The van der Waals surface area contributed by atoms with Crippen LogP contribution in [-0.2, 0) is 14.3 Å². The van der Waals surface area contributed by atoms with Crippen LogP contribution in [0.25, 0.3) is 5.69 Å². The number of carbonyl (C=O) groups excluding carboxylic acids is 1. The van der Waals surface area contributed by atoms with E-state index in [-0.39, 0.29) is 12.2 Å². The number of rotatable bonds is 6. The van der Waals surface area contributed by atoms with Gasteiger partial charge in [0.2, 0.25) is 5.76 Å². The Morgan fingerprint density at radius 1 is 1.35 bits per heavy atom. The first-order chi connectivity index (χ1) is 12.4. The number of methoxy groups -OCH3 is 2. The number of halogens is 2. The fraction of sp³-hybridized carbons (Fsp3) is 0.333. The van der Waals surface area contributed by atoms with Crippen molar-refractivity contribution in [2.45, 2.75) is 25.2 Å². The van der Waals surface area contributed by atoms with E-state index < -0.39 is 17.8 Å². The van der Waals surface area contributed by atoms with E-state index in [1.54, 1.807) is 37.4 Å². The van der Waals surface area contributed by atoms with Crippen LogP contribution in [0, 0.1) is 6.92 Å². The van der Waals surface area contributed by atoms with Crippen molar-refractivity contribution in [1.29, 1.82) is 0 Å². The summed E-state index contributed by atoms with van der Waals surface area (Å²) >= 11 is 0. The molecule has 1 heterocycles. The third-order valence-electron chi connectivity index (χ3n) is 4.06. The lowest BCUT2D eigenvalue weighted by atomic mass is 10.2. The molecule has 0 amide bonds. The fourth-order valence-corrected chi connectivity index (χ4v) is 2.48. The molecular weight excluding hydrogens is 346 g/mol. The molecule has 26 heavy (non-hydrogen) atoms. The van der Waals surface area contributed by atoms with E-state index in [4.69, 9.17) is 9.47 Å². The van der Waals surface area contributed by atoms with Gasteiger partial charge in [0, 0.05) is 18.7 Å². The summed E-state index contributed by atoms with van der Waals surface area (Å²) in [5.74, 6) is -3.89. The Balaban J connectivity index is 1.86. The quantitative estimate of drug-likeness (QED) is 0.447. The topological polar surface area (TPSA) is 62.6 Å². The number of benzene rings is 1. The van der Waals surface area contributed by atoms with Gasteiger partial charge in [-0.05, 0) is 24.6 Å². The highest BCUT2D eigenvalue weighted by atomic mass is 19.3. The summed E-state index contributed by atoms with van der Waals surface area (Å²) in [6.07, 6.45) is 2.58. The van der Waals surface area contributed by atoms with E-state index >= 15 is 0 Å². The molecule has 0 aliphatic heterocycles. The Labute approximate surface area is 149 Å². The molecule has 0 N–H and O–H groups in total. The number of esters is 1.